The molecule has 0 aromatic heterocycles. The average Bonchev–Trinajstić information content (AvgIpc) is 1.97. The minimum Gasteiger partial charge on any atom is -0.362 e. The molecule has 0 fully saturated rings. The van der Waals surface area contributed by atoms with Gasteiger partial charge in [-0.1, -0.05) is 24.8 Å². The topological polar surface area (TPSA) is 12.0 Å². The Balaban J connectivity index is 4.10. The predicted molar refractivity (Wildman–Crippen MR) is 51.0 cm³/mol. The Morgan fingerprint density at radius 3 is 2.27 bits per heavy atom. The van der Waals surface area contributed by atoms with E-state index in [1.54, 1.807) is 12.2 Å². The summed E-state index contributed by atoms with van der Waals surface area (Å²) in [5.74, 6) is 0. The lowest BCUT2D eigenvalue weighted by molar-refractivity contribution is 1.08. The zero-order chi connectivity index (χ0) is 8.69. The minimum absolute atomic E-state index is 0.959. The first-order valence-electron chi connectivity index (χ1n) is 3.55. The standard InChI is InChI=1S/C10H15N/c1-5-7-10(6-2)11-8-9(3)4/h5-8,11H,1-2H2,3-4H3/b10-7+. The Hall–Kier alpha value is -1.24. The maximum absolute atomic E-state index is 3.65. The highest BCUT2D eigenvalue weighted by Gasteiger charge is 1.82. The van der Waals surface area contributed by atoms with Crippen LogP contribution in [0.3, 0.4) is 0 Å². The smallest absolute Gasteiger partial charge is 0.0373 e. The number of hydrogen-bond donors (Lipinski definition) is 1. The van der Waals surface area contributed by atoms with Crippen molar-refractivity contribution in [2.24, 2.45) is 0 Å². The van der Waals surface area contributed by atoms with Crippen molar-refractivity contribution in [3.8, 4) is 0 Å². The molecule has 1 nitrogen and oxygen atoms in total. The molecule has 0 radical (unpaired) electrons. The van der Waals surface area contributed by atoms with E-state index in [-0.39, 0.29) is 0 Å². The van der Waals surface area contributed by atoms with Crippen LogP contribution in [0.2, 0.25) is 0 Å². The van der Waals surface area contributed by atoms with Gasteiger partial charge in [-0.15, -0.1) is 0 Å². The van der Waals surface area contributed by atoms with Gasteiger partial charge in [0.15, 0.2) is 0 Å². The quantitative estimate of drug-likeness (QED) is 0.606. The van der Waals surface area contributed by atoms with Gasteiger partial charge in [-0.25, -0.2) is 0 Å². The van der Waals surface area contributed by atoms with Crippen LogP contribution in [0.25, 0.3) is 0 Å². The number of hydrogen-bond acceptors (Lipinski definition) is 1. The number of rotatable bonds is 4. The summed E-state index contributed by atoms with van der Waals surface area (Å²) in [6.07, 6.45) is 7.27. The van der Waals surface area contributed by atoms with Gasteiger partial charge in [0.25, 0.3) is 0 Å². The normalized spacial score (nSPS) is 10.2. The second-order valence-electron chi connectivity index (χ2n) is 2.43. The van der Waals surface area contributed by atoms with Crippen LogP contribution in [0.15, 0.2) is 48.9 Å². The van der Waals surface area contributed by atoms with E-state index in [0.29, 0.717) is 0 Å². The fourth-order valence-corrected chi connectivity index (χ4v) is 0.530. The zero-order valence-electron chi connectivity index (χ0n) is 7.22. The Bertz CT molecular complexity index is 193. The molecule has 1 heteroatoms. The third kappa shape index (κ3) is 5.22. The second kappa shape index (κ2) is 5.54. The van der Waals surface area contributed by atoms with E-state index in [1.165, 1.54) is 5.57 Å². The molecular formula is C10H15N. The first kappa shape index (κ1) is 9.76. The van der Waals surface area contributed by atoms with Gasteiger partial charge in [0.1, 0.15) is 0 Å². The van der Waals surface area contributed by atoms with Crippen LogP contribution in [0.5, 0.6) is 0 Å². The van der Waals surface area contributed by atoms with Gasteiger partial charge in [-0.2, -0.15) is 0 Å². The van der Waals surface area contributed by atoms with Crippen LogP contribution < -0.4 is 5.32 Å². The summed E-state index contributed by atoms with van der Waals surface area (Å²) in [6.45, 7) is 11.3. The van der Waals surface area contributed by atoms with E-state index >= 15 is 0 Å². The predicted octanol–water partition coefficient (Wildman–Crippen LogP) is 2.76. The van der Waals surface area contributed by atoms with Crippen molar-refractivity contribution in [3.63, 3.8) is 0 Å². The van der Waals surface area contributed by atoms with Crippen molar-refractivity contribution in [3.05, 3.63) is 48.9 Å². The molecule has 0 heterocycles. The molecular weight excluding hydrogens is 134 g/mol. The van der Waals surface area contributed by atoms with Crippen LogP contribution in [-0.4, -0.2) is 0 Å². The molecule has 0 aromatic carbocycles. The summed E-state index contributed by atoms with van der Waals surface area (Å²) in [4.78, 5) is 0. The third-order valence-corrected chi connectivity index (χ3v) is 1.04. The van der Waals surface area contributed by atoms with Gasteiger partial charge in [0.2, 0.25) is 0 Å². The fraction of sp³-hybridized carbons (Fsp3) is 0.200. The van der Waals surface area contributed by atoms with Crippen molar-refractivity contribution < 1.29 is 0 Å². The van der Waals surface area contributed by atoms with Gasteiger partial charge < -0.3 is 5.32 Å². The van der Waals surface area contributed by atoms with E-state index in [0.717, 1.165) is 5.70 Å². The van der Waals surface area contributed by atoms with Crippen LogP contribution >= 0.6 is 0 Å². The highest BCUT2D eigenvalue weighted by Crippen LogP contribution is 1.92. The molecule has 0 amide bonds. The molecule has 0 aliphatic rings. The van der Waals surface area contributed by atoms with Crippen LogP contribution in [0, 0.1) is 0 Å². The second-order valence-corrected chi connectivity index (χ2v) is 2.43. The van der Waals surface area contributed by atoms with Crippen LogP contribution in [-0.2, 0) is 0 Å². The lowest BCUT2D eigenvalue weighted by atomic mass is 10.3. The monoisotopic (exact) mass is 149 g/mol. The maximum Gasteiger partial charge on any atom is 0.0373 e. The molecule has 11 heavy (non-hydrogen) atoms. The van der Waals surface area contributed by atoms with Crippen molar-refractivity contribution in [2.75, 3.05) is 0 Å². The molecule has 0 spiro atoms. The van der Waals surface area contributed by atoms with Gasteiger partial charge in [0, 0.05) is 5.70 Å². The van der Waals surface area contributed by atoms with Gasteiger partial charge in [0.05, 0.1) is 0 Å². The van der Waals surface area contributed by atoms with Gasteiger partial charge >= 0.3 is 0 Å². The Morgan fingerprint density at radius 2 is 1.91 bits per heavy atom. The molecule has 0 atom stereocenters. The highest BCUT2D eigenvalue weighted by molar-refractivity contribution is 5.21. The summed E-state index contributed by atoms with van der Waals surface area (Å²) in [7, 11) is 0. The maximum atomic E-state index is 3.65. The number of allylic oxidation sites excluding steroid dienone is 4. The molecule has 0 bridgehead atoms. The highest BCUT2D eigenvalue weighted by atomic mass is 14.8. The lowest BCUT2D eigenvalue weighted by Crippen LogP contribution is -2.01. The van der Waals surface area contributed by atoms with Gasteiger partial charge in [-0.3, -0.25) is 0 Å². The molecule has 0 saturated carbocycles. The summed E-state index contributed by atoms with van der Waals surface area (Å²) < 4.78 is 0. The summed E-state index contributed by atoms with van der Waals surface area (Å²) >= 11 is 0. The SMILES string of the molecule is C=C/C=C(\C=C)NC=C(C)C. The Labute approximate surface area is 68.8 Å². The Morgan fingerprint density at radius 1 is 1.27 bits per heavy atom. The van der Waals surface area contributed by atoms with E-state index in [9.17, 15) is 0 Å². The molecule has 0 unspecified atom stereocenters. The zero-order valence-corrected chi connectivity index (χ0v) is 7.22. The van der Waals surface area contributed by atoms with Crippen LogP contribution in [0.1, 0.15) is 13.8 Å². The molecule has 1 N–H and O–H groups in total. The first-order chi connectivity index (χ1) is 5.20. The largest absolute Gasteiger partial charge is 0.362 e. The third-order valence-electron chi connectivity index (χ3n) is 1.04. The molecule has 0 aliphatic heterocycles. The van der Waals surface area contributed by atoms with Crippen molar-refractivity contribution >= 4 is 0 Å². The summed E-state index contributed by atoms with van der Waals surface area (Å²) in [5.41, 5.74) is 2.18. The molecule has 0 rings (SSSR count). The molecule has 60 valence electrons. The van der Waals surface area contributed by atoms with Crippen molar-refractivity contribution in [1.29, 1.82) is 0 Å². The fourth-order valence-electron chi connectivity index (χ4n) is 0.530. The molecule has 0 aliphatic carbocycles. The van der Waals surface area contributed by atoms with Crippen molar-refractivity contribution in [2.45, 2.75) is 13.8 Å². The van der Waals surface area contributed by atoms with Gasteiger partial charge in [-0.05, 0) is 32.2 Å². The molecule has 0 saturated heterocycles. The number of nitrogens with one attached hydrogen (secondary N) is 1. The first-order valence-corrected chi connectivity index (χ1v) is 3.55. The van der Waals surface area contributed by atoms with E-state index in [2.05, 4.69) is 18.5 Å². The minimum atomic E-state index is 0.959. The molecule has 0 aromatic rings. The van der Waals surface area contributed by atoms with E-state index in [1.807, 2.05) is 26.1 Å². The summed E-state index contributed by atoms with van der Waals surface area (Å²) in [5, 5.41) is 3.08. The van der Waals surface area contributed by atoms with E-state index < -0.39 is 0 Å². The summed E-state index contributed by atoms with van der Waals surface area (Å²) in [6, 6.07) is 0. The van der Waals surface area contributed by atoms with E-state index in [4.69, 9.17) is 0 Å². The Kier molecular flexibility index (Phi) is 4.91. The van der Waals surface area contributed by atoms with Crippen LogP contribution in [0.4, 0.5) is 0 Å². The average molecular weight is 149 g/mol. The van der Waals surface area contributed by atoms with Crippen molar-refractivity contribution in [1.82, 2.24) is 5.32 Å². The lowest BCUT2D eigenvalue weighted by Gasteiger charge is -1.99.